The van der Waals surface area contributed by atoms with Crippen molar-refractivity contribution in [1.29, 1.82) is 0 Å². The first kappa shape index (κ1) is 20.7. The Balaban J connectivity index is 1.48. The zero-order valence-electron chi connectivity index (χ0n) is 15.8. The molecular formula is C18H25FN4O4S. The Hall–Kier alpha value is -2.04. The van der Waals surface area contributed by atoms with Crippen LogP contribution in [0.3, 0.4) is 0 Å². The van der Waals surface area contributed by atoms with Crippen LogP contribution in [0.2, 0.25) is 0 Å². The van der Waals surface area contributed by atoms with Crippen LogP contribution in [0.4, 0.5) is 4.39 Å². The molecule has 0 radical (unpaired) electrons. The number of likely N-dealkylation sites (N-methyl/N-ethyl adjacent to an activating group) is 1. The number of amides is 2. The maximum atomic E-state index is 13.0. The van der Waals surface area contributed by atoms with Gasteiger partial charge >= 0.3 is 0 Å². The molecule has 1 aromatic rings. The van der Waals surface area contributed by atoms with Crippen molar-refractivity contribution in [2.24, 2.45) is 0 Å². The molecule has 1 saturated heterocycles. The van der Waals surface area contributed by atoms with Crippen LogP contribution in [0.5, 0.6) is 0 Å². The molecule has 10 heteroatoms. The molecule has 3 rings (SSSR count). The van der Waals surface area contributed by atoms with Crippen molar-refractivity contribution in [2.45, 2.75) is 23.8 Å². The summed E-state index contributed by atoms with van der Waals surface area (Å²) in [4.78, 5) is 27.5. The van der Waals surface area contributed by atoms with Crippen LogP contribution in [0.15, 0.2) is 29.2 Å². The van der Waals surface area contributed by atoms with Crippen LogP contribution in [0.1, 0.15) is 12.8 Å². The first-order chi connectivity index (χ1) is 13.3. The predicted octanol–water partition coefficient (Wildman–Crippen LogP) is -0.131. The number of nitrogens with zero attached hydrogens (tertiary/aromatic N) is 3. The van der Waals surface area contributed by atoms with E-state index in [1.165, 1.54) is 16.4 Å². The van der Waals surface area contributed by atoms with Crippen LogP contribution in [-0.2, 0) is 19.6 Å². The van der Waals surface area contributed by atoms with Gasteiger partial charge in [0.25, 0.3) is 0 Å². The van der Waals surface area contributed by atoms with Gasteiger partial charge in [-0.3, -0.25) is 14.5 Å². The smallest absolute Gasteiger partial charge is 0.243 e. The number of halogens is 1. The standard InChI is InChI=1S/C18H25FN4O4S/c1-21(12-17(24)20-15-4-5-15)13-18(25)22-8-10-23(11-9-22)28(26,27)16-6-2-14(19)3-7-16/h2-3,6-7,15H,4-5,8-13H2,1H3,(H,20,24). The molecule has 2 fully saturated rings. The lowest BCUT2D eigenvalue weighted by atomic mass is 10.3. The van der Waals surface area contributed by atoms with Gasteiger partial charge in [0.2, 0.25) is 21.8 Å². The average Bonchev–Trinajstić information content (AvgIpc) is 3.45. The van der Waals surface area contributed by atoms with Gasteiger partial charge in [0, 0.05) is 32.2 Å². The summed E-state index contributed by atoms with van der Waals surface area (Å²) < 4.78 is 39.6. The molecule has 1 saturated carbocycles. The van der Waals surface area contributed by atoms with Crippen LogP contribution in [0.25, 0.3) is 0 Å². The van der Waals surface area contributed by atoms with Crippen molar-refractivity contribution in [3.05, 3.63) is 30.1 Å². The van der Waals surface area contributed by atoms with Crippen LogP contribution in [0, 0.1) is 5.82 Å². The highest BCUT2D eigenvalue weighted by Crippen LogP contribution is 2.19. The SMILES string of the molecule is CN(CC(=O)NC1CC1)CC(=O)N1CCN(S(=O)(=O)c2ccc(F)cc2)CC1. The van der Waals surface area contributed by atoms with Gasteiger partial charge in [-0.1, -0.05) is 0 Å². The van der Waals surface area contributed by atoms with Gasteiger partial charge < -0.3 is 10.2 Å². The van der Waals surface area contributed by atoms with E-state index in [2.05, 4.69) is 5.32 Å². The van der Waals surface area contributed by atoms with Crippen molar-refractivity contribution in [2.75, 3.05) is 46.3 Å². The lowest BCUT2D eigenvalue weighted by molar-refractivity contribution is -0.133. The zero-order valence-corrected chi connectivity index (χ0v) is 16.6. The monoisotopic (exact) mass is 412 g/mol. The zero-order chi connectivity index (χ0) is 20.3. The highest BCUT2D eigenvalue weighted by Gasteiger charge is 2.30. The lowest BCUT2D eigenvalue weighted by Crippen LogP contribution is -2.52. The third-order valence-electron chi connectivity index (χ3n) is 4.80. The number of rotatable bonds is 7. The van der Waals surface area contributed by atoms with E-state index in [9.17, 15) is 22.4 Å². The molecule has 1 aliphatic carbocycles. The maximum Gasteiger partial charge on any atom is 0.243 e. The lowest BCUT2D eigenvalue weighted by Gasteiger charge is -2.34. The Morgan fingerprint density at radius 2 is 1.71 bits per heavy atom. The fraction of sp³-hybridized carbons (Fsp3) is 0.556. The van der Waals surface area contributed by atoms with Crippen LogP contribution in [-0.4, -0.2) is 86.7 Å². The van der Waals surface area contributed by atoms with Gasteiger partial charge in [-0.25, -0.2) is 12.8 Å². The Morgan fingerprint density at radius 3 is 2.29 bits per heavy atom. The topological polar surface area (TPSA) is 90.0 Å². The van der Waals surface area contributed by atoms with Gasteiger partial charge in [-0.15, -0.1) is 0 Å². The van der Waals surface area contributed by atoms with Crippen molar-refractivity contribution in [3.63, 3.8) is 0 Å². The molecule has 1 N–H and O–H groups in total. The van der Waals surface area contributed by atoms with Crippen molar-refractivity contribution < 1.29 is 22.4 Å². The summed E-state index contributed by atoms with van der Waals surface area (Å²) in [5.74, 6) is -0.724. The summed E-state index contributed by atoms with van der Waals surface area (Å²) in [6, 6.07) is 4.99. The number of sulfonamides is 1. The van der Waals surface area contributed by atoms with E-state index >= 15 is 0 Å². The van der Waals surface area contributed by atoms with Gasteiger partial charge in [0.1, 0.15) is 5.82 Å². The predicted molar refractivity (Wildman–Crippen MR) is 100 cm³/mol. The summed E-state index contributed by atoms with van der Waals surface area (Å²) >= 11 is 0. The van der Waals surface area contributed by atoms with Crippen LogP contribution >= 0.6 is 0 Å². The molecule has 28 heavy (non-hydrogen) atoms. The van der Waals surface area contributed by atoms with Crippen molar-refractivity contribution >= 4 is 21.8 Å². The molecule has 0 unspecified atom stereocenters. The van der Waals surface area contributed by atoms with Gasteiger partial charge in [0.15, 0.2) is 0 Å². The molecule has 0 atom stereocenters. The highest BCUT2D eigenvalue weighted by molar-refractivity contribution is 7.89. The molecule has 1 aliphatic heterocycles. The Kier molecular flexibility index (Phi) is 6.31. The molecule has 1 aromatic carbocycles. The number of piperazine rings is 1. The summed E-state index contributed by atoms with van der Waals surface area (Å²) in [5, 5.41) is 2.88. The van der Waals surface area contributed by atoms with Crippen LogP contribution < -0.4 is 5.32 Å². The number of nitrogens with one attached hydrogen (secondary N) is 1. The number of hydrogen-bond donors (Lipinski definition) is 1. The Labute approximate surface area is 164 Å². The number of benzene rings is 1. The molecule has 2 amide bonds. The minimum Gasteiger partial charge on any atom is -0.352 e. The molecule has 154 valence electrons. The van der Waals surface area contributed by atoms with Crippen molar-refractivity contribution in [3.8, 4) is 0 Å². The average molecular weight is 412 g/mol. The minimum absolute atomic E-state index is 0.0371. The minimum atomic E-state index is -3.71. The Bertz CT molecular complexity index is 818. The van der Waals surface area contributed by atoms with E-state index < -0.39 is 15.8 Å². The molecule has 0 spiro atoms. The number of carbonyl (C=O) groups is 2. The molecule has 8 nitrogen and oxygen atoms in total. The van der Waals surface area contributed by atoms with Crippen molar-refractivity contribution in [1.82, 2.24) is 19.4 Å². The van der Waals surface area contributed by atoms with E-state index in [1.54, 1.807) is 16.8 Å². The van der Waals surface area contributed by atoms with Gasteiger partial charge in [-0.2, -0.15) is 4.31 Å². The summed E-state index contributed by atoms with van der Waals surface area (Å²) in [6.45, 7) is 1.17. The third-order valence-corrected chi connectivity index (χ3v) is 6.72. The first-order valence-corrected chi connectivity index (χ1v) is 10.7. The van der Waals surface area contributed by atoms with E-state index in [0.29, 0.717) is 0 Å². The molecular weight excluding hydrogens is 387 g/mol. The second kappa shape index (κ2) is 8.54. The summed E-state index contributed by atoms with van der Waals surface area (Å²) in [6.07, 6.45) is 2.03. The highest BCUT2D eigenvalue weighted by atomic mass is 32.2. The summed E-state index contributed by atoms with van der Waals surface area (Å²) in [5.41, 5.74) is 0. The molecule has 0 aromatic heterocycles. The summed E-state index contributed by atoms with van der Waals surface area (Å²) in [7, 11) is -2.00. The Morgan fingerprint density at radius 1 is 1.11 bits per heavy atom. The van der Waals surface area contributed by atoms with Gasteiger partial charge in [-0.05, 0) is 44.2 Å². The molecule has 2 aliphatic rings. The quantitative estimate of drug-likeness (QED) is 0.674. The second-order valence-corrected chi connectivity index (χ2v) is 9.19. The first-order valence-electron chi connectivity index (χ1n) is 9.27. The largest absolute Gasteiger partial charge is 0.352 e. The van der Waals surface area contributed by atoms with E-state index in [-0.39, 0.29) is 62.0 Å². The fourth-order valence-corrected chi connectivity index (χ4v) is 4.49. The number of carbonyl (C=O) groups excluding carboxylic acids is 2. The second-order valence-electron chi connectivity index (χ2n) is 7.25. The van der Waals surface area contributed by atoms with E-state index in [1.807, 2.05) is 0 Å². The van der Waals surface area contributed by atoms with E-state index in [0.717, 1.165) is 25.0 Å². The van der Waals surface area contributed by atoms with Gasteiger partial charge in [0.05, 0.1) is 18.0 Å². The fourth-order valence-electron chi connectivity index (χ4n) is 3.07. The molecule has 0 bridgehead atoms. The number of hydrogen-bond acceptors (Lipinski definition) is 5. The molecule has 1 heterocycles. The third kappa shape index (κ3) is 5.27. The normalized spacial score (nSPS) is 18.3. The maximum absolute atomic E-state index is 13.0. The van der Waals surface area contributed by atoms with E-state index in [4.69, 9.17) is 0 Å².